The summed E-state index contributed by atoms with van der Waals surface area (Å²) in [7, 11) is 0. The van der Waals surface area contributed by atoms with Crippen molar-refractivity contribution in [2.45, 2.75) is 38.0 Å². The maximum Gasteiger partial charge on any atom is 0.248 e. The third-order valence-electron chi connectivity index (χ3n) is 6.94. The zero-order valence-electron chi connectivity index (χ0n) is 21.3. The Balaban J connectivity index is 1.31. The Labute approximate surface area is 223 Å². The summed E-state index contributed by atoms with van der Waals surface area (Å²) in [5.74, 6) is 0.196. The predicted octanol–water partition coefficient (Wildman–Crippen LogP) is 2.69. The molecule has 12 heteroatoms. The number of likely N-dealkylation sites (tertiary alicyclic amines) is 1. The molecule has 0 aliphatic carbocycles. The first kappa shape index (κ1) is 26.0. The van der Waals surface area contributed by atoms with Crippen LogP contribution in [0.2, 0.25) is 0 Å². The van der Waals surface area contributed by atoms with Crippen LogP contribution in [0.15, 0.2) is 42.7 Å². The van der Waals surface area contributed by atoms with Gasteiger partial charge in [-0.2, -0.15) is 10.2 Å². The molecule has 3 N–H and O–H groups in total. The first-order valence-electron chi connectivity index (χ1n) is 12.4. The maximum atomic E-state index is 14.7. The Hall–Kier alpha value is -4.63. The van der Waals surface area contributed by atoms with Gasteiger partial charge in [0.15, 0.2) is 12.0 Å². The molecule has 5 rings (SSSR count). The number of hydrogen-bond donors (Lipinski definition) is 3. The average Bonchev–Trinajstić information content (AvgIpc) is 3.16. The van der Waals surface area contributed by atoms with E-state index in [2.05, 4.69) is 31.7 Å². The molecule has 1 unspecified atom stereocenters. The van der Waals surface area contributed by atoms with Crippen LogP contribution < -0.4 is 15.4 Å². The SMILES string of the molecule is CC1(C)C(=O)Nc2cc(Nc3ncnc(-c4ccc(O[C@H]5CCN(C(=O)CO)CC5F)c(C#N)c4)n3)ccc21. The zero-order chi connectivity index (χ0) is 27.7. The summed E-state index contributed by atoms with van der Waals surface area (Å²) in [6, 6.07) is 12.4. The van der Waals surface area contributed by atoms with Crippen LogP contribution in [0.3, 0.4) is 0 Å². The van der Waals surface area contributed by atoms with Crippen molar-refractivity contribution in [3.8, 4) is 23.2 Å². The molecule has 0 radical (unpaired) electrons. The monoisotopic (exact) mass is 531 g/mol. The maximum absolute atomic E-state index is 14.7. The third kappa shape index (κ3) is 5.08. The normalized spacial score (nSPS) is 19.6. The van der Waals surface area contributed by atoms with Crippen molar-refractivity contribution in [1.29, 1.82) is 5.26 Å². The number of hydrogen-bond acceptors (Lipinski definition) is 9. The summed E-state index contributed by atoms with van der Waals surface area (Å²) in [5, 5.41) is 24.7. The van der Waals surface area contributed by atoms with Crippen LogP contribution in [0.25, 0.3) is 11.4 Å². The lowest BCUT2D eigenvalue weighted by Crippen LogP contribution is -2.50. The minimum atomic E-state index is -1.46. The summed E-state index contributed by atoms with van der Waals surface area (Å²) in [4.78, 5) is 38.0. The molecule has 0 spiro atoms. The lowest BCUT2D eigenvalue weighted by Gasteiger charge is -2.34. The quantitative estimate of drug-likeness (QED) is 0.436. The van der Waals surface area contributed by atoms with Gasteiger partial charge in [-0.3, -0.25) is 9.59 Å². The van der Waals surface area contributed by atoms with Gasteiger partial charge in [-0.25, -0.2) is 14.4 Å². The van der Waals surface area contributed by atoms with Crippen LogP contribution >= 0.6 is 0 Å². The molecular formula is C27H26FN7O4. The Morgan fingerprint density at radius 3 is 2.87 bits per heavy atom. The minimum Gasteiger partial charge on any atom is -0.486 e. The molecule has 2 amide bonds. The largest absolute Gasteiger partial charge is 0.486 e. The van der Waals surface area contributed by atoms with Crippen molar-refractivity contribution in [1.82, 2.24) is 19.9 Å². The molecule has 1 aromatic heterocycles. The number of carbonyl (C=O) groups is 2. The van der Waals surface area contributed by atoms with Crippen molar-refractivity contribution in [3.63, 3.8) is 0 Å². The van der Waals surface area contributed by atoms with Gasteiger partial charge in [-0.05, 0) is 49.7 Å². The van der Waals surface area contributed by atoms with Crippen molar-refractivity contribution in [2.75, 3.05) is 30.3 Å². The number of halogens is 1. The number of aliphatic hydroxyl groups excluding tert-OH is 1. The second kappa shape index (κ2) is 10.3. The highest BCUT2D eigenvalue weighted by Gasteiger charge is 2.38. The molecule has 11 nitrogen and oxygen atoms in total. The Bertz CT molecular complexity index is 1490. The van der Waals surface area contributed by atoms with Crippen LogP contribution in [0.1, 0.15) is 31.4 Å². The standard InChI is InChI=1S/C27H26FN7O4/c1-27(2)18-5-4-17(10-20(18)33-25(27)38)32-26-31-14-30-24(34-26)15-3-6-21(16(9-15)11-29)39-22-7-8-35(12-19(22)28)23(37)13-36/h3-6,9-10,14,19,22,36H,7-8,12-13H2,1-2H3,(H,33,38)(H,30,31,32,34)/t19?,22-/m0/s1. The number of ether oxygens (including phenoxy) is 1. The summed E-state index contributed by atoms with van der Waals surface area (Å²) in [5.41, 5.74) is 2.42. The molecule has 2 aliphatic rings. The molecule has 2 aromatic carbocycles. The highest BCUT2D eigenvalue weighted by molar-refractivity contribution is 6.06. The first-order valence-corrected chi connectivity index (χ1v) is 12.4. The molecule has 39 heavy (non-hydrogen) atoms. The second-order valence-electron chi connectivity index (χ2n) is 9.88. The number of piperidine rings is 1. The van der Waals surface area contributed by atoms with E-state index in [4.69, 9.17) is 9.84 Å². The van der Waals surface area contributed by atoms with E-state index in [9.17, 15) is 19.2 Å². The van der Waals surface area contributed by atoms with Gasteiger partial charge in [0.05, 0.1) is 17.5 Å². The predicted molar refractivity (Wildman–Crippen MR) is 139 cm³/mol. The van der Waals surface area contributed by atoms with E-state index in [-0.39, 0.29) is 42.7 Å². The lowest BCUT2D eigenvalue weighted by atomic mass is 9.86. The van der Waals surface area contributed by atoms with E-state index >= 15 is 0 Å². The van der Waals surface area contributed by atoms with Crippen molar-refractivity contribution in [2.24, 2.45) is 0 Å². The topological polar surface area (TPSA) is 153 Å². The molecule has 3 aromatic rings. The number of aliphatic hydroxyl groups is 1. The second-order valence-corrected chi connectivity index (χ2v) is 9.88. The van der Waals surface area contributed by atoms with Crippen molar-refractivity contribution < 1.29 is 23.8 Å². The molecule has 0 saturated carbocycles. The van der Waals surface area contributed by atoms with Gasteiger partial charge in [0.2, 0.25) is 17.8 Å². The van der Waals surface area contributed by atoms with Gasteiger partial charge >= 0.3 is 0 Å². The van der Waals surface area contributed by atoms with Crippen molar-refractivity contribution >= 4 is 29.1 Å². The number of nitriles is 1. The molecule has 2 aliphatic heterocycles. The molecule has 200 valence electrons. The first-order chi connectivity index (χ1) is 18.7. The van der Waals surface area contributed by atoms with Gasteiger partial charge in [0.25, 0.3) is 0 Å². The van der Waals surface area contributed by atoms with Gasteiger partial charge in [0.1, 0.15) is 30.9 Å². The summed E-state index contributed by atoms with van der Waals surface area (Å²) < 4.78 is 20.5. The average molecular weight is 532 g/mol. The molecule has 2 atom stereocenters. The number of carbonyl (C=O) groups excluding carboxylic acids is 2. The number of fused-ring (bicyclic) bond motifs is 1. The summed E-state index contributed by atoms with van der Waals surface area (Å²) in [6.45, 7) is 3.13. The molecule has 0 bridgehead atoms. The fourth-order valence-electron chi connectivity index (χ4n) is 4.66. The Morgan fingerprint density at radius 2 is 2.13 bits per heavy atom. The molecular weight excluding hydrogens is 505 g/mol. The van der Waals surface area contributed by atoms with Crippen LogP contribution in [0, 0.1) is 11.3 Å². The number of nitrogens with zero attached hydrogens (tertiary/aromatic N) is 5. The molecule has 1 saturated heterocycles. The summed E-state index contributed by atoms with van der Waals surface area (Å²) in [6.07, 6.45) is -0.724. The number of rotatable bonds is 6. The highest BCUT2D eigenvalue weighted by atomic mass is 19.1. The number of benzene rings is 2. The lowest BCUT2D eigenvalue weighted by molar-refractivity contribution is -0.138. The van der Waals surface area contributed by atoms with Crippen LogP contribution in [0.4, 0.5) is 21.7 Å². The summed E-state index contributed by atoms with van der Waals surface area (Å²) >= 11 is 0. The van der Waals surface area contributed by atoms with Crippen LogP contribution in [0.5, 0.6) is 5.75 Å². The Kier molecular flexibility index (Phi) is 6.84. The van der Waals surface area contributed by atoms with Crippen LogP contribution in [-0.2, 0) is 15.0 Å². The highest BCUT2D eigenvalue weighted by Crippen LogP contribution is 2.39. The van der Waals surface area contributed by atoms with Crippen LogP contribution in [-0.4, -0.2) is 68.7 Å². The van der Waals surface area contributed by atoms with Gasteiger partial charge in [-0.15, -0.1) is 0 Å². The van der Waals surface area contributed by atoms with Gasteiger partial charge in [-0.1, -0.05) is 6.07 Å². The van der Waals surface area contributed by atoms with E-state index in [0.717, 1.165) is 11.3 Å². The zero-order valence-corrected chi connectivity index (χ0v) is 21.3. The third-order valence-corrected chi connectivity index (χ3v) is 6.94. The number of anilines is 3. The molecule has 1 fully saturated rings. The van der Waals surface area contributed by atoms with E-state index in [0.29, 0.717) is 17.1 Å². The number of aromatic nitrogens is 3. The number of nitrogens with one attached hydrogen (secondary N) is 2. The fourth-order valence-corrected chi connectivity index (χ4v) is 4.66. The van der Waals surface area contributed by atoms with Crippen molar-refractivity contribution in [3.05, 3.63) is 53.9 Å². The van der Waals surface area contributed by atoms with E-state index in [1.165, 1.54) is 11.2 Å². The Morgan fingerprint density at radius 1 is 1.31 bits per heavy atom. The van der Waals surface area contributed by atoms with Gasteiger partial charge in [0, 0.05) is 29.9 Å². The smallest absolute Gasteiger partial charge is 0.248 e. The van der Waals surface area contributed by atoms with E-state index in [1.807, 2.05) is 32.0 Å². The van der Waals surface area contributed by atoms with E-state index in [1.54, 1.807) is 18.2 Å². The number of amides is 2. The van der Waals surface area contributed by atoms with E-state index < -0.39 is 30.2 Å². The van der Waals surface area contributed by atoms with Gasteiger partial charge < -0.3 is 25.4 Å². The minimum absolute atomic E-state index is 0.0675. The number of alkyl halides is 1. The molecule has 3 heterocycles. The fraction of sp³-hybridized carbons (Fsp3) is 0.333.